The molecule has 3 rings (SSSR count). The van der Waals surface area contributed by atoms with Gasteiger partial charge in [0, 0.05) is 17.4 Å². The highest BCUT2D eigenvalue weighted by molar-refractivity contribution is 7.91. The number of hydrogen-bond acceptors (Lipinski definition) is 5. The maximum Gasteiger partial charge on any atom is 0.255 e. The Labute approximate surface area is 187 Å². The van der Waals surface area contributed by atoms with Gasteiger partial charge in [0.25, 0.3) is 5.91 Å². The molecule has 2 heterocycles. The molecule has 1 unspecified atom stereocenters. The average Bonchev–Trinajstić information content (AvgIpc) is 3.15. The molecule has 31 heavy (non-hydrogen) atoms. The summed E-state index contributed by atoms with van der Waals surface area (Å²) in [6.45, 7) is 5.42. The summed E-state index contributed by atoms with van der Waals surface area (Å²) in [4.78, 5) is 17.3. The van der Waals surface area contributed by atoms with Crippen molar-refractivity contribution in [2.45, 2.75) is 44.6 Å². The van der Waals surface area contributed by atoms with Gasteiger partial charge >= 0.3 is 0 Å². The van der Waals surface area contributed by atoms with Gasteiger partial charge in [0.15, 0.2) is 9.84 Å². The highest BCUT2D eigenvalue weighted by Gasteiger charge is 2.21. The molecule has 7 nitrogen and oxygen atoms in total. The van der Waals surface area contributed by atoms with Gasteiger partial charge in [-0.05, 0) is 49.2 Å². The normalized spacial score (nSPS) is 12.5. The van der Waals surface area contributed by atoms with Crippen LogP contribution in [0.4, 0.5) is 0 Å². The number of benzene rings is 1. The molecule has 0 bridgehead atoms. The van der Waals surface area contributed by atoms with Crippen molar-refractivity contribution in [3.8, 4) is 5.69 Å². The molecule has 0 spiro atoms. The number of pyridine rings is 1. The number of carbonyl (C=O) groups is 1. The maximum absolute atomic E-state index is 13.0. The summed E-state index contributed by atoms with van der Waals surface area (Å²) in [7, 11) is -3.38. The molecule has 1 atom stereocenters. The zero-order valence-electron chi connectivity index (χ0n) is 17.7. The van der Waals surface area contributed by atoms with E-state index in [-0.39, 0.29) is 22.6 Å². The predicted molar refractivity (Wildman–Crippen MR) is 120 cm³/mol. The zero-order chi connectivity index (χ0) is 22.6. The van der Waals surface area contributed by atoms with Crippen LogP contribution in [-0.4, -0.2) is 34.8 Å². The van der Waals surface area contributed by atoms with Crippen LogP contribution in [0.25, 0.3) is 5.69 Å². The topological polar surface area (TPSA) is 93.9 Å². The molecule has 0 radical (unpaired) electrons. The lowest BCUT2D eigenvalue weighted by atomic mass is 10.0. The van der Waals surface area contributed by atoms with Crippen LogP contribution in [0.5, 0.6) is 0 Å². The van der Waals surface area contributed by atoms with E-state index in [1.54, 1.807) is 36.0 Å². The maximum atomic E-state index is 13.0. The fourth-order valence-electron chi connectivity index (χ4n) is 3.28. The summed E-state index contributed by atoms with van der Waals surface area (Å²) >= 11 is 5.95. The third-order valence-electron chi connectivity index (χ3n) is 5.08. The van der Waals surface area contributed by atoms with E-state index in [2.05, 4.69) is 15.4 Å². The Morgan fingerprint density at radius 3 is 2.52 bits per heavy atom. The van der Waals surface area contributed by atoms with Gasteiger partial charge in [0.05, 0.1) is 39.8 Å². The molecular weight excluding hydrogens is 436 g/mol. The van der Waals surface area contributed by atoms with Gasteiger partial charge in [-0.15, -0.1) is 0 Å². The van der Waals surface area contributed by atoms with Crippen LogP contribution in [0, 0.1) is 6.92 Å². The van der Waals surface area contributed by atoms with Gasteiger partial charge in [0.2, 0.25) is 0 Å². The third kappa shape index (κ3) is 5.14. The molecule has 9 heteroatoms. The highest BCUT2D eigenvalue weighted by atomic mass is 35.5. The van der Waals surface area contributed by atoms with Crippen molar-refractivity contribution >= 4 is 27.3 Å². The van der Waals surface area contributed by atoms with Crippen LogP contribution in [0.15, 0.2) is 53.8 Å². The molecule has 0 aliphatic rings. The Morgan fingerprint density at radius 1 is 1.16 bits per heavy atom. The summed E-state index contributed by atoms with van der Waals surface area (Å²) in [5.74, 6) is -0.286. The van der Waals surface area contributed by atoms with E-state index >= 15 is 0 Å². The smallest absolute Gasteiger partial charge is 0.255 e. The first kappa shape index (κ1) is 23.0. The first-order valence-corrected chi connectivity index (χ1v) is 12.1. The Hall–Kier alpha value is -2.71. The summed E-state index contributed by atoms with van der Waals surface area (Å²) in [5, 5.41) is 7.98. The largest absolute Gasteiger partial charge is 0.345 e. The highest BCUT2D eigenvalue weighted by Crippen LogP contribution is 2.23. The fraction of sp³-hybridized carbons (Fsp3) is 0.318. The monoisotopic (exact) mass is 460 g/mol. The van der Waals surface area contributed by atoms with Crippen molar-refractivity contribution in [3.63, 3.8) is 0 Å². The number of nitrogens with zero attached hydrogens (tertiary/aromatic N) is 3. The quantitative estimate of drug-likeness (QED) is 0.541. The molecule has 164 valence electrons. The number of amides is 1. The van der Waals surface area contributed by atoms with Gasteiger partial charge in [-0.25, -0.2) is 13.1 Å². The van der Waals surface area contributed by atoms with E-state index in [0.717, 1.165) is 12.1 Å². The van der Waals surface area contributed by atoms with E-state index in [0.29, 0.717) is 28.3 Å². The van der Waals surface area contributed by atoms with Crippen LogP contribution < -0.4 is 5.32 Å². The van der Waals surface area contributed by atoms with E-state index in [9.17, 15) is 13.2 Å². The minimum absolute atomic E-state index is 0.00792. The average molecular weight is 461 g/mol. The molecule has 0 fully saturated rings. The molecule has 0 saturated carbocycles. The first-order chi connectivity index (χ1) is 14.8. The molecule has 1 aromatic carbocycles. The van der Waals surface area contributed by atoms with Gasteiger partial charge < -0.3 is 5.32 Å². The van der Waals surface area contributed by atoms with Crippen LogP contribution >= 0.6 is 11.6 Å². The second-order valence-corrected chi connectivity index (χ2v) is 9.92. The Balaban J connectivity index is 1.87. The number of aromatic nitrogens is 3. The molecule has 0 saturated heterocycles. The lowest BCUT2D eigenvalue weighted by molar-refractivity contribution is 0.0933. The van der Waals surface area contributed by atoms with Gasteiger partial charge in [-0.3, -0.25) is 9.78 Å². The van der Waals surface area contributed by atoms with Crippen molar-refractivity contribution in [3.05, 3.63) is 70.8 Å². The molecule has 0 aliphatic carbocycles. The van der Waals surface area contributed by atoms with Crippen molar-refractivity contribution in [1.82, 2.24) is 20.1 Å². The molecule has 1 N–H and O–H groups in total. The number of rotatable bonds is 8. The standard InChI is InChI=1S/C22H25ClN4O3S/c1-4-6-21(16-11-19(13-24-12-16)31(29,30)5-2)26-22(28)20-14-25-27(15(20)3)18-9-7-17(23)8-10-18/h7-14,21H,4-6H2,1-3H3,(H,26,28). The van der Waals surface area contributed by atoms with Crippen molar-refractivity contribution in [2.75, 3.05) is 5.75 Å². The van der Waals surface area contributed by atoms with Gasteiger partial charge in [-0.1, -0.05) is 31.9 Å². The van der Waals surface area contributed by atoms with E-state index in [1.807, 2.05) is 26.0 Å². The number of halogens is 1. The summed E-state index contributed by atoms with van der Waals surface area (Å²) < 4.78 is 26.1. The van der Waals surface area contributed by atoms with E-state index in [1.165, 1.54) is 12.4 Å². The number of hydrogen-bond donors (Lipinski definition) is 1. The van der Waals surface area contributed by atoms with Crippen molar-refractivity contribution < 1.29 is 13.2 Å². The summed E-state index contributed by atoms with van der Waals surface area (Å²) in [5.41, 5.74) is 2.59. The van der Waals surface area contributed by atoms with Gasteiger partial charge in [0.1, 0.15) is 0 Å². The number of carbonyl (C=O) groups excluding carboxylic acids is 1. The summed E-state index contributed by atoms with van der Waals surface area (Å²) in [6.07, 6.45) is 5.91. The second-order valence-electron chi connectivity index (χ2n) is 7.20. The lowest BCUT2D eigenvalue weighted by Gasteiger charge is -2.19. The molecule has 2 aromatic heterocycles. The van der Waals surface area contributed by atoms with Crippen molar-refractivity contribution in [2.24, 2.45) is 0 Å². The van der Waals surface area contributed by atoms with Crippen molar-refractivity contribution in [1.29, 1.82) is 0 Å². The predicted octanol–water partition coefficient (Wildman–Crippen LogP) is 4.29. The molecule has 0 aliphatic heterocycles. The zero-order valence-corrected chi connectivity index (χ0v) is 19.2. The molecule has 3 aromatic rings. The minimum atomic E-state index is -3.38. The lowest BCUT2D eigenvalue weighted by Crippen LogP contribution is -2.29. The minimum Gasteiger partial charge on any atom is -0.345 e. The Bertz CT molecular complexity index is 1170. The first-order valence-electron chi connectivity index (χ1n) is 10.1. The van der Waals surface area contributed by atoms with E-state index in [4.69, 9.17) is 11.6 Å². The SMILES string of the molecule is CCCC(NC(=O)c1cnn(-c2ccc(Cl)cc2)c1C)c1cncc(S(=O)(=O)CC)c1. The Morgan fingerprint density at radius 2 is 1.87 bits per heavy atom. The Kier molecular flexibility index (Phi) is 7.12. The number of nitrogens with one attached hydrogen (secondary N) is 1. The third-order valence-corrected chi connectivity index (χ3v) is 7.04. The number of sulfone groups is 1. The second kappa shape index (κ2) is 9.62. The van der Waals surface area contributed by atoms with Crippen LogP contribution in [-0.2, 0) is 9.84 Å². The van der Waals surface area contributed by atoms with Crippen LogP contribution in [0.3, 0.4) is 0 Å². The fourth-order valence-corrected chi connectivity index (χ4v) is 4.28. The summed E-state index contributed by atoms with van der Waals surface area (Å²) in [6, 6.07) is 8.41. The van der Waals surface area contributed by atoms with Crippen LogP contribution in [0.1, 0.15) is 54.3 Å². The molecular formula is C22H25ClN4O3S. The van der Waals surface area contributed by atoms with Crippen LogP contribution in [0.2, 0.25) is 5.02 Å². The van der Waals surface area contributed by atoms with E-state index < -0.39 is 9.84 Å². The molecule has 1 amide bonds. The van der Waals surface area contributed by atoms with Gasteiger partial charge in [-0.2, -0.15) is 5.10 Å².